The number of ketones is 1. The zero-order valence-electron chi connectivity index (χ0n) is 20.1. The Morgan fingerprint density at radius 1 is 0.941 bits per heavy atom. The van der Waals surface area contributed by atoms with Gasteiger partial charge in [0.1, 0.15) is 5.78 Å². The summed E-state index contributed by atoms with van der Waals surface area (Å²) in [6, 6.07) is 11.1. The summed E-state index contributed by atoms with van der Waals surface area (Å²) >= 11 is 0. The van der Waals surface area contributed by atoms with Crippen LogP contribution in [0.5, 0.6) is 11.5 Å². The van der Waals surface area contributed by atoms with Crippen LogP contribution in [0.3, 0.4) is 0 Å². The van der Waals surface area contributed by atoms with Gasteiger partial charge in [0.2, 0.25) is 0 Å². The molecule has 3 aromatic rings. The molecular formula is C27H32N2O5. The van der Waals surface area contributed by atoms with Crippen LogP contribution in [0.2, 0.25) is 0 Å². The van der Waals surface area contributed by atoms with Gasteiger partial charge in [0.25, 0.3) is 5.56 Å². The first-order valence-electron chi connectivity index (χ1n) is 11.9. The van der Waals surface area contributed by atoms with E-state index in [9.17, 15) is 14.4 Å². The Morgan fingerprint density at radius 3 is 2.32 bits per heavy atom. The quantitative estimate of drug-likeness (QED) is 0.498. The molecule has 1 aliphatic rings. The van der Waals surface area contributed by atoms with Gasteiger partial charge in [0.05, 0.1) is 31.7 Å². The molecular weight excluding hydrogens is 432 g/mol. The summed E-state index contributed by atoms with van der Waals surface area (Å²) in [5.41, 5.74) is 1.78. The minimum atomic E-state index is -0.313. The van der Waals surface area contributed by atoms with Crippen molar-refractivity contribution < 1.29 is 14.3 Å². The fourth-order valence-electron chi connectivity index (χ4n) is 4.90. The standard InChI is InChI=1S/C27H32N2O5/c1-18(30)9-10-19-11-13-23-22(15-19)26(31)28(27(32)29(23)21-7-5-4-6-8-21)17-20-12-14-24(33-2)25(16-20)34-3/h11-16,21H,4-10,17H2,1-3H3. The molecule has 1 aromatic heterocycles. The van der Waals surface area contributed by atoms with Crippen LogP contribution in [-0.2, 0) is 17.8 Å². The largest absolute Gasteiger partial charge is 0.493 e. The van der Waals surface area contributed by atoms with Crippen molar-refractivity contribution in [3.8, 4) is 11.5 Å². The second-order valence-corrected chi connectivity index (χ2v) is 9.08. The van der Waals surface area contributed by atoms with Crippen molar-refractivity contribution in [1.82, 2.24) is 9.13 Å². The normalized spacial score (nSPS) is 14.3. The third-order valence-corrected chi connectivity index (χ3v) is 6.73. The molecule has 0 spiro atoms. The summed E-state index contributed by atoms with van der Waals surface area (Å²) in [5.74, 6) is 1.25. The summed E-state index contributed by atoms with van der Waals surface area (Å²) in [4.78, 5) is 38.8. The predicted molar refractivity (Wildman–Crippen MR) is 132 cm³/mol. The van der Waals surface area contributed by atoms with E-state index < -0.39 is 0 Å². The Hall–Kier alpha value is -3.35. The van der Waals surface area contributed by atoms with E-state index in [4.69, 9.17) is 9.47 Å². The van der Waals surface area contributed by atoms with E-state index in [-0.39, 0.29) is 29.6 Å². The molecule has 34 heavy (non-hydrogen) atoms. The summed E-state index contributed by atoms with van der Waals surface area (Å²) in [6.45, 7) is 1.70. The SMILES string of the molecule is COc1ccc(Cn2c(=O)c3cc(CCC(C)=O)ccc3n(C3CCCCC3)c2=O)cc1OC. The van der Waals surface area contributed by atoms with Crippen LogP contribution < -0.4 is 20.7 Å². The highest BCUT2D eigenvalue weighted by molar-refractivity contribution is 5.80. The molecule has 180 valence electrons. The van der Waals surface area contributed by atoms with Gasteiger partial charge < -0.3 is 14.3 Å². The van der Waals surface area contributed by atoms with Crippen LogP contribution in [0.25, 0.3) is 10.9 Å². The minimum Gasteiger partial charge on any atom is -0.493 e. The lowest BCUT2D eigenvalue weighted by atomic mass is 9.95. The molecule has 1 fully saturated rings. The first-order valence-corrected chi connectivity index (χ1v) is 11.9. The Morgan fingerprint density at radius 2 is 1.65 bits per heavy atom. The number of carbonyl (C=O) groups is 1. The highest BCUT2D eigenvalue weighted by atomic mass is 16.5. The first-order chi connectivity index (χ1) is 16.4. The third-order valence-electron chi connectivity index (χ3n) is 6.73. The maximum Gasteiger partial charge on any atom is 0.332 e. The first kappa shape index (κ1) is 23.8. The molecule has 0 amide bonds. The molecule has 0 N–H and O–H groups in total. The van der Waals surface area contributed by atoms with Crippen molar-refractivity contribution in [3.05, 3.63) is 68.4 Å². The van der Waals surface area contributed by atoms with E-state index in [1.165, 1.54) is 11.0 Å². The van der Waals surface area contributed by atoms with Crippen molar-refractivity contribution in [1.29, 1.82) is 0 Å². The lowest BCUT2D eigenvalue weighted by Gasteiger charge is -2.26. The number of fused-ring (bicyclic) bond motifs is 1. The number of ether oxygens (including phenoxy) is 2. The third kappa shape index (κ3) is 4.79. The molecule has 7 heteroatoms. The summed E-state index contributed by atoms with van der Waals surface area (Å²) in [5, 5.41) is 0.520. The monoisotopic (exact) mass is 464 g/mol. The Balaban J connectivity index is 1.87. The average molecular weight is 465 g/mol. The van der Waals surface area contributed by atoms with Crippen LogP contribution in [0.1, 0.15) is 62.6 Å². The summed E-state index contributed by atoms with van der Waals surface area (Å²) < 4.78 is 13.9. The highest BCUT2D eigenvalue weighted by Crippen LogP contribution is 2.30. The molecule has 0 saturated heterocycles. The zero-order chi connectivity index (χ0) is 24.2. The summed E-state index contributed by atoms with van der Waals surface area (Å²) in [7, 11) is 3.13. The maximum absolute atomic E-state index is 13.7. The lowest BCUT2D eigenvalue weighted by Crippen LogP contribution is -2.42. The van der Waals surface area contributed by atoms with Crippen LogP contribution in [-0.4, -0.2) is 29.1 Å². The molecule has 0 atom stereocenters. The highest BCUT2D eigenvalue weighted by Gasteiger charge is 2.22. The Kier molecular flexibility index (Phi) is 7.20. The number of methoxy groups -OCH3 is 2. The number of rotatable bonds is 8. The van der Waals surface area contributed by atoms with Crippen molar-refractivity contribution in [3.63, 3.8) is 0 Å². The fraction of sp³-hybridized carbons (Fsp3) is 0.444. The number of nitrogens with zero attached hydrogens (tertiary/aromatic N) is 2. The van der Waals surface area contributed by atoms with Gasteiger partial charge in [-0.25, -0.2) is 4.79 Å². The Bertz CT molecular complexity index is 1320. The van der Waals surface area contributed by atoms with Gasteiger partial charge >= 0.3 is 5.69 Å². The second kappa shape index (κ2) is 10.3. The fourth-order valence-corrected chi connectivity index (χ4v) is 4.90. The second-order valence-electron chi connectivity index (χ2n) is 9.08. The van der Waals surface area contributed by atoms with Crippen LogP contribution >= 0.6 is 0 Å². The number of hydrogen-bond donors (Lipinski definition) is 0. The zero-order valence-corrected chi connectivity index (χ0v) is 20.1. The number of aromatic nitrogens is 2. The Labute approximate surface area is 198 Å². The molecule has 7 nitrogen and oxygen atoms in total. The molecule has 4 rings (SSSR count). The van der Waals surface area contributed by atoms with Gasteiger partial charge in [-0.2, -0.15) is 0 Å². The number of benzene rings is 2. The topological polar surface area (TPSA) is 79.5 Å². The summed E-state index contributed by atoms with van der Waals surface area (Å²) in [6.07, 6.45) is 6.17. The molecule has 0 radical (unpaired) electrons. The molecule has 0 aliphatic heterocycles. The van der Waals surface area contributed by atoms with Crippen molar-refractivity contribution in [2.45, 2.75) is 64.5 Å². The number of carbonyl (C=O) groups excluding carboxylic acids is 1. The van der Waals surface area contributed by atoms with Crippen molar-refractivity contribution in [2.75, 3.05) is 14.2 Å². The smallest absolute Gasteiger partial charge is 0.332 e. The van der Waals surface area contributed by atoms with Gasteiger partial charge in [-0.3, -0.25) is 13.9 Å². The van der Waals surface area contributed by atoms with Gasteiger partial charge in [0.15, 0.2) is 11.5 Å². The maximum atomic E-state index is 13.7. The number of Topliss-reactive ketones (excluding diaryl/α,β-unsaturated/α-hetero) is 1. The number of aryl methyl sites for hydroxylation is 1. The van der Waals surface area contributed by atoms with Crippen LogP contribution in [0.15, 0.2) is 46.0 Å². The molecule has 2 aromatic carbocycles. The van der Waals surface area contributed by atoms with Crippen LogP contribution in [0, 0.1) is 0 Å². The van der Waals surface area contributed by atoms with Crippen molar-refractivity contribution in [2.24, 2.45) is 0 Å². The van der Waals surface area contributed by atoms with Crippen molar-refractivity contribution >= 4 is 16.7 Å². The van der Waals surface area contributed by atoms with Crippen LogP contribution in [0.4, 0.5) is 0 Å². The van der Waals surface area contributed by atoms with Gasteiger partial charge in [0, 0.05) is 12.5 Å². The molecule has 1 saturated carbocycles. The van der Waals surface area contributed by atoms with E-state index in [2.05, 4.69) is 0 Å². The van der Waals surface area contributed by atoms with E-state index in [0.29, 0.717) is 35.2 Å². The van der Waals surface area contributed by atoms with E-state index in [1.807, 2.05) is 28.8 Å². The molecule has 1 heterocycles. The molecule has 0 bridgehead atoms. The lowest BCUT2D eigenvalue weighted by molar-refractivity contribution is -0.116. The predicted octanol–water partition coefficient (Wildman–Crippen LogP) is 4.26. The van der Waals surface area contributed by atoms with Gasteiger partial charge in [-0.15, -0.1) is 0 Å². The molecule has 0 unspecified atom stereocenters. The number of hydrogen-bond acceptors (Lipinski definition) is 5. The molecule has 1 aliphatic carbocycles. The van der Waals surface area contributed by atoms with E-state index >= 15 is 0 Å². The van der Waals surface area contributed by atoms with E-state index in [0.717, 1.165) is 36.8 Å². The van der Waals surface area contributed by atoms with Gasteiger partial charge in [-0.1, -0.05) is 31.4 Å². The average Bonchev–Trinajstić information content (AvgIpc) is 2.86. The minimum absolute atomic E-state index is 0.0732. The van der Waals surface area contributed by atoms with Gasteiger partial charge in [-0.05, 0) is 61.6 Å². The van der Waals surface area contributed by atoms with E-state index in [1.54, 1.807) is 33.3 Å².